The van der Waals surface area contributed by atoms with Crippen LogP contribution in [0.25, 0.3) is 0 Å². The van der Waals surface area contributed by atoms with Gasteiger partial charge in [0.05, 0.1) is 0 Å². The van der Waals surface area contributed by atoms with Crippen molar-refractivity contribution in [3.8, 4) is 0 Å². The lowest BCUT2D eigenvalue weighted by atomic mass is 9.76. The number of aryl methyl sites for hydroxylation is 1. The third-order valence-electron chi connectivity index (χ3n) is 5.58. The van der Waals surface area contributed by atoms with E-state index in [9.17, 15) is 8.42 Å². The molecule has 0 saturated carbocycles. The fourth-order valence-electron chi connectivity index (χ4n) is 3.98. The van der Waals surface area contributed by atoms with Crippen LogP contribution in [0.3, 0.4) is 0 Å². The molecule has 5 nitrogen and oxygen atoms in total. The maximum atomic E-state index is 12.5. The number of nitrogens with zero attached hydrogens (tertiary/aromatic N) is 1. The summed E-state index contributed by atoms with van der Waals surface area (Å²) in [6.07, 6.45) is 5.73. The van der Waals surface area contributed by atoms with Gasteiger partial charge >= 0.3 is 0 Å². The first kappa shape index (κ1) is 25.3. The van der Waals surface area contributed by atoms with Crippen LogP contribution in [-0.2, 0) is 29.4 Å². The van der Waals surface area contributed by atoms with Crippen LogP contribution >= 0.6 is 24.8 Å². The predicted molar refractivity (Wildman–Crippen MR) is 128 cm³/mol. The number of fused-ring (bicyclic) bond motifs is 1. The molecule has 3 aromatic rings. The molecule has 166 valence electrons. The van der Waals surface area contributed by atoms with Crippen molar-refractivity contribution in [1.82, 2.24) is 9.71 Å². The van der Waals surface area contributed by atoms with E-state index < -0.39 is 10.0 Å². The van der Waals surface area contributed by atoms with Gasteiger partial charge in [0.15, 0.2) is 0 Å². The van der Waals surface area contributed by atoms with Gasteiger partial charge in [0.2, 0.25) is 10.0 Å². The molecule has 0 spiro atoms. The third kappa shape index (κ3) is 6.05. The average molecular weight is 480 g/mol. The normalized spacial score (nSPS) is 17.7. The number of hydrogen-bond donors (Lipinski definition) is 2. The van der Waals surface area contributed by atoms with Crippen LogP contribution in [0, 0.1) is 0 Å². The first-order chi connectivity index (χ1) is 14.0. The van der Waals surface area contributed by atoms with Crippen LogP contribution in [0.1, 0.15) is 34.6 Å². The minimum atomic E-state index is -3.59. The molecule has 1 heterocycles. The van der Waals surface area contributed by atoms with Gasteiger partial charge in [0.1, 0.15) is 4.90 Å². The Balaban J connectivity index is 0.00000171. The molecule has 1 aliphatic rings. The molecule has 2 atom stereocenters. The van der Waals surface area contributed by atoms with Gasteiger partial charge in [-0.3, -0.25) is 4.98 Å². The summed E-state index contributed by atoms with van der Waals surface area (Å²) in [5, 5.41) is 0. The number of rotatable bonds is 6. The Bertz CT molecular complexity index is 1080. The van der Waals surface area contributed by atoms with Gasteiger partial charge in [-0.1, -0.05) is 48.5 Å². The number of halogens is 2. The molecule has 0 radical (unpaired) electrons. The first-order valence-corrected chi connectivity index (χ1v) is 11.3. The van der Waals surface area contributed by atoms with Crippen molar-refractivity contribution in [2.45, 2.75) is 42.7 Å². The number of pyridine rings is 1. The van der Waals surface area contributed by atoms with Crippen LogP contribution in [0.4, 0.5) is 0 Å². The van der Waals surface area contributed by atoms with Gasteiger partial charge in [-0.25, -0.2) is 13.1 Å². The van der Waals surface area contributed by atoms with E-state index in [1.807, 2.05) is 24.3 Å². The molecule has 4 rings (SSSR count). The van der Waals surface area contributed by atoms with E-state index in [-0.39, 0.29) is 48.2 Å². The number of nitrogens with one attached hydrogen (secondary N) is 1. The summed E-state index contributed by atoms with van der Waals surface area (Å²) in [7, 11) is -3.59. The highest BCUT2D eigenvalue weighted by Crippen LogP contribution is 2.34. The van der Waals surface area contributed by atoms with E-state index in [0.29, 0.717) is 0 Å². The van der Waals surface area contributed by atoms with Crippen LogP contribution in [0.2, 0.25) is 0 Å². The van der Waals surface area contributed by atoms with Gasteiger partial charge < -0.3 is 5.73 Å². The molecule has 1 aromatic heterocycles. The van der Waals surface area contributed by atoms with Crippen LogP contribution < -0.4 is 10.5 Å². The average Bonchev–Trinajstić information content (AvgIpc) is 2.76. The maximum absolute atomic E-state index is 12.5. The maximum Gasteiger partial charge on any atom is 0.242 e. The van der Waals surface area contributed by atoms with E-state index in [1.165, 1.54) is 29.0 Å². The number of benzene rings is 2. The first-order valence-electron chi connectivity index (χ1n) is 9.84. The molecule has 0 bridgehead atoms. The lowest BCUT2D eigenvalue weighted by Crippen LogP contribution is -2.34. The zero-order valence-corrected chi connectivity index (χ0v) is 19.4. The minimum absolute atomic E-state index is 0. The summed E-state index contributed by atoms with van der Waals surface area (Å²) >= 11 is 0. The summed E-state index contributed by atoms with van der Waals surface area (Å²) < 4.78 is 27.6. The van der Waals surface area contributed by atoms with E-state index >= 15 is 0 Å². The van der Waals surface area contributed by atoms with Gasteiger partial charge in [-0.15, -0.1) is 24.8 Å². The molecular weight excluding hydrogens is 453 g/mol. The third-order valence-corrected chi connectivity index (χ3v) is 6.97. The van der Waals surface area contributed by atoms with E-state index in [0.717, 1.165) is 24.8 Å². The monoisotopic (exact) mass is 479 g/mol. The van der Waals surface area contributed by atoms with Crippen molar-refractivity contribution >= 4 is 34.8 Å². The van der Waals surface area contributed by atoms with Crippen molar-refractivity contribution < 1.29 is 8.42 Å². The second-order valence-electron chi connectivity index (χ2n) is 7.55. The quantitative estimate of drug-likeness (QED) is 0.559. The van der Waals surface area contributed by atoms with E-state index in [4.69, 9.17) is 5.73 Å². The largest absolute Gasteiger partial charge is 0.327 e. The highest BCUT2D eigenvalue weighted by Gasteiger charge is 2.27. The molecule has 31 heavy (non-hydrogen) atoms. The Hall–Kier alpha value is -1.96. The minimum Gasteiger partial charge on any atom is -0.327 e. The Labute approximate surface area is 196 Å². The number of hydrogen-bond acceptors (Lipinski definition) is 4. The lowest BCUT2D eigenvalue weighted by Gasteiger charge is -2.32. The number of aromatic nitrogens is 1. The Kier molecular flexibility index (Phi) is 9.03. The van der Waals surface area contributed by atoms with Gasteiger partial charge in [-0.05, 0) is 53.6 Å². The summed E-state index contributed by atoms with van der Waals surface area (Å²) in [6.45, 7) is 0.234. The molecular formula is C23H27Cl2N3O2S. The second kappa shape index (κ2) is 11.1. The van der Waals surface area contributed by atoms with Crippen LogP contribution in [-0.4, -0.2) is 19.4 Å². The highest BCUT2D eigenvalue weighted by atomic mass is 35.5. The Morgan fingerprint density at radius 3 is 2.48 bits per heavy atom. The molecule has 0 fully saturated rings. The second-order valence-corrected chi connectivity index (χ2v) is 9.31. The molecule has 1 aliphatic carbocycles. The van der Waals surface area contributed by atoms with Crippen molar-refractivity contribution in [3.63, 3.8) is 0 Å². The Morgan fingerprint density at radius 1 is 1.00 bits per heavy atom. The summed E-state index contributed by atoms with van der Waals surface area (Å²) in [6, 6.07) is 19.9. The van der Waals surface area contributed by atoms with Gasteiger partial charge in [-0.2, -0.15) is 0 Å². The summed E-state index contributed by atoms with van der Waals surface area (Å²) in [4.78, 5) is 4.06. The zero-order valence-electron chi connectivity index (χ0n) is 17.0. The van der Waals surface area contributed by atoms with E-state index in [2.05, 4.69) is 34.0 Å². The number of nitrogens with two attached hydrogens (primary N) is 1. The molecule has 2 aromatic carbocycles. The lowest BCUT2D eigenvalue weighted by molar-refractivity contribution is 0.467. The molecule has 0 aliphatic heterocycles. The van der Waals surface area contributed by atoms with Crippen LogP contribution in [0.5, 0.6) is 0 Å². The van der Waals surface area contributed by atoms with Crippen molar-refractivity contribution in [2.24, 2.45) is 5.73 Å². The molecule has 0 saturated heterocycles. The SMILES string of the molecule is Cl.Cl.NC1CCc2ccc(CNS(=O)(=O)c3cccnc3)cc2C1Cc1ccccc1. The predicted octanol–water partition coefficient (Wildman–Crippen LogP) is 4.00. The Morgan fingerprint density at radius 2 is 1.77 bits per heavy atom. The topological polar surface area (TPSA) is 85.1 Å². The van der Waals surface area contributed by atoms with Crippen LogP contribution in [0.15, 0.2) is 78.0 Å². The molecule has 2 unspecified atom stereocenters. The van der Waals surface area contributed by atoms with Crippen molar-refractivity contribution in [2.75, 3.05) is 0 Å². The molecule has 8 heteroatoms. The standard InChI is InChI=1S/C23H25N3O2S.2ClH/c24-23-11-10-19-9-8-18(15-26-29(27,28)20-7-4-12-25-16-20)14-21(19)22(23)13-17-5-2-1-3-6-17;;/h1-9,12,14,16,22-23,26H,10-11,13,15,24H2;2*1H. The molecule has 3 N–H and O–H groups in total. The zero-order chi connectivity index (χ0) is 20.3. The fourth-order valence-corrected chi connectivity index (χ4v) is 4.96. The fraction of sp³-hybridized carbons (Fsp3) is 0.261. The molecule has 0 amide bonds. The van der Waals surface area contributed by atoms with Crippen molar-refractivity contribution in [3.05, 3.63) is 95.3 Å². The highest BCUT2D eigenvalue weighted by molar-refractivity contribution is 7.89. The summed E-state index contributed by atoms with van der Waals surface area (Å²) in [5.74, 6) is 0.232. The number of sulfonamides is 1. The summed E-state index contributed by atoms with van der Waals surface area (Å²) in [5.41, 5.74) is 11.2. The van der Waals surface area contributed by atoms with Gasteiger partial charge in [0.25, 0.3) is 0 Å². The van der Waals surface area contributed by atoms with E-state index in [1.54, 1.807) is 12.3 Å². The van der Waals surface area contributed by atoms with Gasteiger partial charge in [0, 0.05) is 30.9 Å². The van der Waals surface area contributed by atoms with Crippen molar-refractivity contribution in [1.29, 1.82) is 0 Å². The smallest absolute Gasteiger partial charge is 0.242 e.